The van der Waals surface area contributed by atoms with Gasteiger partial charge in [-0.3, -0.25) is 24.7 Å². The van der Waals surface area contributed by atoms with Crippen LogP contribution in [0, 0.1) is 0 Å². The fourth-order valence-corrected chi connectivity index (χ4v) is 2.70. The second kappa shape index (κ2) is 9.14. The van der Waals surface area contributed by atoms with Crippen LogP contribution in [-0.4, -0.2) is 72.6 Å². The number of amides is 2. The van der Waals surface area contributed by atoms with Gasteiger partial charge < -0.3 is 9.84 Å². The van der Waals surface area contributed by atoms with Crippen molar-refractivity contribution in [3.05, 3.63) is 11.8 Å². The first-order valence-corrected chi connectivity index (χ1v) is 9.26. The van der Waals surface area contributed by atoms with Crippen molar-refractivity contribution in [3.63, 3.8) is 0 Å². The average Bonchev–Trinajstić information content (AvgIpc) is 3.03. The van der Waals surface area contributed by atoms with E-state index in [1.54, 1.807) is 6.07 Å². The van der Waals surface area contributed by atoms with E-state index in [2.05, 4.69) is 25.6 Å². The van der Waals surface area contributed by atoms with Crippen LogP contribution in [0.2, 0.25) is 0 Å². The third-order valence-corrected chi connectivity index (χ3v) is 4.31. The Balaban J connectivity index is 1.71. The van der Waals surface area contributed by atoms with Gasteiger partial charge in [0.2, 0.25) is 17.7 Å². The van der Waals surface area contributed by atoms with Crippen LogP contribution in [0.5, 0.6) is 0 Å². The summed E-state index contributed by atoms with van der Waals surface area (Å²) in [5.41, 5.74) is 0.689. The lowest BCUT2D eigenvalue weighted by Crippen LogP contribution is -2.51. The van der Waals surface area contributed by atoms with Gasteiger partial charge in [0.05, 0.1) is 18.8 Å². The molecule has 0 aliphatic carbocycles. The highest BCUT2D eigenvalue weighted by atomic mass is 16.5. The van der Waals surface area contributed by atoms with Crippen molar-refractivity contribution in [2.75, 3.05) is 51.1 Å². The number of carbonyl (C=O) groups is 2. The van der Waals surface area contributed by atoms with Crippen LogP contribution >= 0.6 is 0 Å². The van der Waals surface area contributed by atoms with Gasteiger partial charge in [-0.2, -0.15) is 0 Å². The molecular formula is C18H31N5O3. The zero-order chi connectivity index (χ0) is 19.2. The summed E-state index contributed by atoms with van der Waals surface area (Å²) in [6, 6.07) is 1.77. The van der Waals surface area contributed by atoms with Gasteiger partial charge in [-0.15, -0.1) is 0 Å². The SMILES string of the molecule is CCCNC(=O)CN1CCN(CC(=O)Nc2cc(C(C)(C)C)no2)CC1. The molecule has 0 atom stereocenters. The number of hydrogen-bond donors (Lipinski definition) is 2. The summed E-state index contributed by atoms with van der Waals surface area (Å²) < 4.78 is 5.19. The van der Waals surface area contributed by atoms with Crippen molar-refractivity contribution in [2.45, 2.75) is 39.5 Å². The number of carbonyl (C=O) groups excluding carboxylic acids is 2. The first-order chi connectivity index (χ1) is 12.3. The van der Waals surface area contributed by atoms with E-state index >= 15 is 0 Å². The first kappa shape index (κ1) is 20.4. The molecule has 1 aliphatic rings. The summed E-state index contributed by atoms with van der Waals surface area (Å²) >= 11 is 0. The molecule has 0 saturated carbocycles. The molecule has 1 aliphatic heterocycles. The van der Waals surface area contributed by atoms with E-state index in [4.69, 9.17) is 4.52 Å². The maximum absolute atomic E-state index is 12.2. The second-order valence-corrected chi connectivity index (χ2v) is 7.78. The lowest BCUT2D eigenvalue weighted by Gasteiger charge is -2.33. The van der Waals surface area contributed by atoms with Crippen LogP contribution < -0.4 is 10.6 Å². The van der Waals surface area contributed by atoms with Crippen LogP contribution in [0.15, 0.2) is 10.6 Å². The summed E-state index contributed by atoms with van der Waals surface area (Å²) in [6.07, 6.45) is 0.942. The monoisotopic (exact) mass is 365 g/mol. The molecule has 26 heavy (non-hydrogen) atoms. The van der Waals surface area contributed by atoms with Crippen LogP contribution in [0.25, 0.3) is 0 Å². The molecule has 0 bridgehead atoms. The van der Waals surface area contributed by atoms with Crippen molar-refractivity contribution in [2.24, 2.45) is 0 Å². The molecule has 2 amide bonds. The van der Waals surface area contributed by atoms with Gasteiger partial charge in [0.25, 0.3) is 0 Å². The molecule has 2 heterocycles. The zero-order valence-corrected chi connectivity index (χ0v) is 16.3. The molecule has 0 aromatic carbocycles. The van der Waals surface area contributed by atoms with Gasteiger partial charge in [-0.05, 0) is 6.42 Å². The van der Waals surface area contributed by atoms with Crippen molar-refractivity contribution in [1.82, 2.24) is 20.3 Å². The molecule has 0 radical (unpaired) electrons. The molecule has 2 N–H and O–H groups in total. The number of nitrogens with zero attached hydrogens (tertiary/aromatic N) is 3. The number of piperazine rings is 1. The number of aromatic nitrogens is 1. The molecule has 1 saturated heterocycles. The molecule has 146 valence electrons. The minimum Gasteiger partial charge on any atom is -0.355 e. The van der Waals surface area contributed by atoms with E-state index in [0.29, 0.717) is 19.0 Å². The maximum atomic E-state index is 12.2. The third kappa shape index (κ3) is 6.42. The summed E-state index contributed by atoms with van der Waals surface area (Å²) in [5.74, 6) is 0.333. The molecular weight excluding hydrogens is 334 g/mol. The number of rotatable bonds is 7. The molecule has 8 nitrogen and oxygen atoms in total. The summed E-state index contributed by atoms with van der Waals surface area (Å²) in [5, 5.41) is 9.65. The van der Waals surface area contributed by atoms with E-state index in [0.717, 1.165) is 44.8 Å². The van der Waals surface area contributed by atoms with Crippen LogP contribution in [0.4, 0.5) is 5.88 Å². The quantitative estimate of drug-likeness (QED) is 0.751. The Morgan fingerprint density at radius 2 is 1.69 bits per heavy atom. The highest BCUT2D eigenvalue weighted by molar-refractivity contribution is 5.91. The maximum Gasteiger partial charge on any atom is 0.240 e. The van der Waals surface area contributed by atoms with Crippen LogP contribution in [-0.2, 0) is 15.0 Å². The predicted molar refractivity (Wildman–Crippen MR) is 100 cm³/mol. The van der Waals surface area contributed by atoms with Gasteiger partial charge in [0.15, 0.2) is 0 Å². The van der Waals surface area contributed by atoms with Crippen molar-refractivity contribution in [3.8, 4) is 0 Å². The topological polar surface area (TPSA) is 90.7 Å². The summed E-state index contributed by atoms with van der Waals surface area (Å²) in [7, 11) is 0. The summed E-state index contributed by atoms with van der Waals surface area (Å²) in [6.45, 7) is 12.7. The van der Waals surface area contributed by atoms with Gasteiger partial charge in [-0.1, -0.05) is 32.9 Å². The highest BCUT2D eigenvalue weighted by Gasteiger charge is 2.22. The zero-order valence-electron chi connectivity index (χ0n) is 16.3. The molecule has 1 fully saturated rings. The Kier molecular flexibility index (Phi) is 7.16. The Morgan fingerprint density at radius 3 is 2.19 bits per heavy atom. The van der Waals surface area contributed by atoms with Crippen molar-refractivity contribution in [1.29, 1.82) is 0 Å². The molecule has 0 unspecified atom stereocenters. The molecule has 8 heteroatoms. The number of nitrogens with one attached hydrogen (secondary N) is 2. The fourth-order valence-electron chi connectivity index (χ4n) is 2.70. The van der Waals surface area contributed by atoms with E-state index in [1.807, 2.05) is 27.7 Å². The molecule has 1 aromatic heterocycles. The smallest absolute Gasteiger partial charge is 0.240 e. The normalized spacial score (nSPS) is 16.5. The van der Waals surface area contributed by atoms with Crippen molar-refractivity contribution < 1.29 is 14.1 Å². The Morgan fingerprint density at radius 1 is 1.12 bits per heavy atom. The average molecular weight is 365 g/mol. The Hall–Kier alpha value is -1.93. The Bertz CT molecular complexity index is 600. The van der Waals surface area contributed by atoms with E-state index < -0.39 is 0 Å². The minimum atomic E-state index is -0.119. The molecule has 1 aromatic rings. The van der Waals surface area contributed by atoms with Gasteiger partial charge in [0, 0.05) is 44.2 Å². The predicted octanol–water partition coefficient (Wildman–Crippen LogP) is 1.05. The first-order valence-electron chi connectivity index (χ1n) is 9.26. The molecule has 2 rings (SSSR count). The largest absolute Gasteiger partial charge is 0.355 e. The van der Waals surface area contributed by atoms with Gasteiger partial charge in [-0.25, -0.2) is 0 Å². The minimum absolute atomic E-state index is 0.0676. The van der Waals surface area contributed by atoms with E-state index in [9.17, 15) is 9.59 Å². The van der Waals surface area contributed by atoms with Crippen molar-refractivity contribution >= 4 is 17.7 Å². The van der Waals surface area contributed by atoms with E-state index in [1.165, 1.54) is 0 Å². The highest BCUT2D eigenvalue weighted by Crippen LogP contribution is 2.23. The fraction of sp³-hybridized carbons (Fsp3) is 0.722. The summed E-state index contributed by atoms with van der Waals surface area (Å²) in [4.78, 5) is 28.2. The van der Waals surface area contributed by atoms with Gasteiger partial charge in [0.1, 0.15) is 0 Å². The van der Waals surface area contributed by atoms with Crippen LogP contribution in [0.1, 0.15) is 39.8 Å². The number of anilines is 1. The third-order valence-electron chi connectivity index (χ3n) is 4.31. The van der Waals surface area contributed by atoms with Crippen LogP contribution in [0.3, 0.4) is 0 Å². The van der Waals surface area contributed by atoms with Gasteiger partial charge >= 0.3 is 0 Å². The molecule has 0 spiro atoms. The number of hydrogen-bond acceptors (Lipinski definition) is 6. The lowest BCUT2D eigenvalue weighted by molar-refractivity contribution is -0.123. The van der Waals surface area contributed by atoms with E-state index in [-0.39, 0.29) is 17.2 Å². The standard InChI is InChI=1S/C18H31N5O3/c1-5-6-19-15(24)12-22-7-9-23(10-8-22)13-16(25)20-17-11-14(21-26-17)18(2,3)4/h11H,5-10,12-13H2,1-4H3,(H,19,24)(H,20,25). The Labute approximate surface area is 155 Å². The second-order valence-electron chi connectivity index (χ2n) is 7.78. The lowest BCUT2D eigenvalue weighted by atomic mass is 9.92.